The summed E-state index contributed by atoms with van der Waals surface area (Å²) in [5.74, 6) is -0.135. The molecule has 2 aromatic rings. The van der Waals surface area contributed by atoms with Crippen molar-refractivity contribution in [3.8, 4) is 0 Å². The minimum absolute atomic E-state index is 0.0393. The fraction of sp³-hybridized carbons (Fsp3) is 0.105. The number of rotatable bonds is 4. The predicted octanol–water partition coefficient (Wildman–Crippen LogP) is 5.13. The second kappa shape index (κ2) is 8.22. The van der Waals surface area contributed by atoms with Crippen LogP contribution in [-0.4, -0.2) is 17.6 Å². The summed E-state index contributed by atoms with van der Waals surface area (Å²) in [4.78, 5) is 28.6. The fourth-order valence-electron chi connectivity index (χ4n) is 2.49. The monoisotopic (exact) mass is 436 g/mol. The van der Waals surface area contributed by atoms with Gasteiger partial charge >= 0.3 is 0 Å². The van der Waals surface area contributed by atoms with E-state index in [2.05, 4.69) is 22.3 Å². The number of carbonyl (C=O) groups excluding carboxylic acids is 2. The van der Waals surface area contributed by atoms with Crippen molar-refractivity contribution in [1.82, 2.24) is 5.43 Å². The van der Waals surface area contributed by atoms with Crippen LogP contribution in [0.4, 0.5) is 17.1 Å². The largest absolute Gasteiger partial charge is 0.322 e. The van der Waals surface area contributed by atoms with Gasteiger partial charge in [-0.1, -0.05) is 47.4 Å². The van der Waals surface area contributed by atoms with Gasteiger partial charge < -0.3 is 5.32 Å². The van der Waals surface area contributed by atoms with Gasteiger partial charge in [-0.25, -0.2) is 10.0 Å². The quantitative estimate of drug-likeness (QED) is 0.651. The molecule has 0 spiro atoms. The molecule has 1 fully saturated rings. The lowest BCUT2D eigenvalue weighted by atomic mass is 10.2. The average Bonchev–Trinajstić information content (AvgIpc) is 2.94. The molecule has 0 saturated carbocycles. The van der Waals surface area contributed by atoms with Crippen molar-refractivity contribution in [3.05, 3.63) is 63.6 Å². The highest BCUT2D eigenvalue weighted by Gasteiger charge is 2.30. The van der Waals surface area contributed by atoms with Crippen molar-refractivity contribution in [2.45, 2.75) is 13.3 Å². The molecule has 6 nitrogen and oxygen atoms in total. The molecule has 144 valence electrons. The van der Waals surface area contributed by atoms with Gasteiger partial charge in [0, 0.05) is 16.3 Å². The fourth-order valence-corrected chi connectivity index (χ4v) is 3.48. The minimum Gasteiger partial charge on any atom is -0.322 e. The molecule has 2 amide bonds. The Kier molecular flexibility index (Phi) is 5.93. The molecular formula is C19H15Cl3N4O2. The third-order valence-electron chi connectivity index (χ3n) is 3.77. The van der Waals surface area contributed by atoms with Gasteiger partial charge in [-0.05, 0) is 37.3 Å². The summed E-state index contributed by atoms with van der Waals surface area (Å²) in [6.07, 6.45) is 0.0393. The highest BCUT2D eigenvalue weighted by Crippen LogP contribution is 2.37. The first-order valence-corrected chi connectivity index (χ1v) is 9.26. The summed E-state index contributed by atoms with van der Waals surface area (Å²) in [5.41, 5.74) is 4.74. The van der Waals surface area contributed by atoms with E-state index in [9.17, 15) is 9.59 Å². The van der Waals surface area contributed by atoms with Crippen LogP contribution < -0.4 is 15.8 Å². The molecule has 3 rings (SSSR count). The number of nitrogens with zero attached hydrogens (tertiary/aromatic N) is 2. The summed E-state index contributed by atoms with van der Waals surface area (Å²) in [5, 5.41) is 4.81. The molecular weight excluding hydrogens is 423 g/mol. The van der Waals surface area contributed by atoms with E-state index >= 15 is 0 Å². The number of hydrogen-bond acceptors (Lipinski definition) is 3. The first-order valence-electron chi connectivity index (χ1n) is 8.13. The molecule has 0 aliphatic carbocycles. The number of aliphatic imine (C=N–C) groups is 1. The third kappa shape index (κ3) is 4.47. The van der Waals surface area contributed by atoms with Gasteiger partial charge in [0.2, 0.25) is 0 Å². The molecule has 0 unspecified atom stereocenters. The van der Waals surface area contributed by atoms with E-state index in [-0.39, 0.29) is 28.3 Å². The maximum Gasteiger partial charge on any atom is 0.253 e. The van der Waals surface area contributed by atoms with Crippen LogP contribution in [0.25, 0.3) is 0 Å². The summed E-state index contributed by atoms with van der Waals surface area (Å²) < 4.78 is 0. The third-order valence-corrected chi connectivity index (χ3v) is 4.56. The van der Waals surface area contributed by atoms with Crippen molar-refractivity contribution < 1.29 is 9.59 Å². The number of amidine groups is 1. The summed E-state index contributed by atoms with van der Waals surface area (Å²) in [6, 6.07) is 9.92. The molecule has 1 aliphatic rings. The molecule has 0 atom stereocenters. The van der Waals surface area contributed by atoms with E-state index in [0.717, 1.165) is 0 Å². The maximum atomic E-state index is 12.4. The second-order valence-electron chi connectivity index (χ2n) is 6.08. The Bertz CT molecular complexity index is 997. The zero-order valence-corrected chi connectivity index (χ0v) is 17.0. The van der Waals surface area contributed by atoms with Gasteiger partial charge in [0.1, 0.15) is 11.5 Å². The van der Waals surface area contributed by atoms with Gasteiger partial charge in [-0.15, -0.1) is 0 Å². The molecule has 28 heavy (non-hydrogen) atoms. The van der Waals surface area contributed by atoms with Gasteiger partial charge in [-0.2, -0.15) is 0 Å². The van der Waals surface area contributed by atoms with Gasteiger partial charge in [0.25, 0.3) is 11.8 Å². The van der Waals surface area contributed by atoms with E-state index < -0.39 is 0 Å². The molecule has 1 saturated heterocycles. The predicted molar refractivity (Wildman–Crippen MR) is 114 cm³/mol. The van der Waals surface area contributed by atoms with Crippen LogP contribution in [0.15, 0.2) is 53.5 Å². The first kappa shape index (κ1) is 20.2. The second-order valence-corrected chi connectivity index (χ2v) is 7.33. The van der Waals surface area contributed by atoms with Crippen LogP contribution in [-0.2, 0) is 9.59 Å². The molecule has 2 N–H and O–H groups in total. The molecule has 1 heterocycles. The number of nitrogens with one attached hydrogen (secondary N) is 2. The molecule has 9 heteroatoms. The lowest BCUT2D eigenvalue weighted by Crippen LogP contribution is -2.36. The zero-order valence-electron chi connectivity index (χ0n) is 14.7. The number of carbonyl (C=O) groups is 2. The summed E-state index contributed by atoms with van der Waals surface area (Å²) in [7, 11) is 0. The SMILES string of the molecule is C=C(C)C(=O)Nc1cccc(N=C2CC(=O)N(c3c(Cl)cc(Cl)cc3Cl)N2)c1. The van der Waals surface area contributed by atoms with Crippen LogP contribution in [0.3, 0.4) is 0 Å². The molecule has 2 aromatic carbocycles. The molecule has 0 radical (unpaired) electrons. The standard InChI is InChI=1S/C19H15Cl3N4O2/c1-10(2)19(28)24-13-5-3-4-12(8-13)23-16-9-17(27)26(25-16)18-14(21)6-11(20)7-15(18)22/h3-8H,1,9H2,2H3,(H,23,25)(H,24,28). The summed E-state index contributed by atoms with van der Waals surface area (Å²) in [6.45, 7) is 5.22. The van der Waals surface area contributed by atoms with Crippen molar-refractivity contribution in [3.63, 3.8) is 0 Å². The Morgan fingerprint density at radius 1 is 1.21 bits per heavy atom. The number of hydrogen-bond donors (Lipinski definition) is 2. The highest BCUT2D eigenvalue weighted by atomic mass is 35.5. The number of hydrazine groups is 1. The number of benzene rings is 2. The smallest absolute Gasteiger partial charge is 0.253 e. The van der Waals surface area contributed by atoms with Gasteiger partial charge in [0.05, 0.1) is 22.2 Å². The lowest BCUT2D eigenvalue weighted by molar-refractivity contribution is -0.117. The first-order chi connectivity index (χ1) is 13.2. The summed E-state index contributed by atoms with van der Waals surface area (Å²) >= 11 is 18.3. The van der Waals surface area contributed by atoms with Crippen molar-refractivity contribution >= 4 is 69.5 Å². The maximum absolute atomic E-state index is 12.4. The van der Waals surface area contributed by atoms with Crippen LogP contribution in [0, 0.1) is 0 Å². The Morgan fingerprint density at radius 3 is 2.54 bits per heavy atom. The van der Waals surface area contributed by atoms with Crippen LogP contribution in [0.2, 0.25) is 15.1 Å². The van der Waals surface area contributed by atoms with Crippen LogP contribution in [0.5, 0.6) is 0 Å². The van der Waals surface area contributed by atoms with E-state index in [1.165, 1.54) is 17.1 Å². The molecule has 0 aromatic heterocycles. The Balaban J connectivity index is 1.83. The zero-order chi connectivity index (χ0) is 20.4. The van der Waals surface area contributed by atoms with E-state index in [0.29, 0.717) is 33.5 Å². The highest BCUT2D eigenvalue weighted by molar-refractivity contribution is 6.42. The molecule has 1 aliphatic heterocycles. The topological polar surface area (TPSA) is 73.8 Å². The number of anilines is 2. The Morgan fingerprint density at radius 2 is 1.89 bits per heavy atom. The normalized spacial score (nSPS) is 14.9. The number of amides is 2. The van der Waals surface area contributed by atoms with Crippen LogP contribution >= 0.6 is 34.8 Å². The Labute approximate surface area is 176 Å². The van der Waals surface area contributed by atoms with Gasteiger partial charge in [-0.3, -0.25) is 15.0 Å². The number of halogens is 3. The van der Waals surface area contributed by atoms with Crippen molar-refractivity contribution in [1.29, 1.82) is 0 Å². The van der Waals surface area contributed by atoms with Gasteiger partial charge in [0.15, 0.2) is 0 Å². The minimum atomic E-state index is -0.280. The van der Waals surface area contributed by atoms with Crippen LogP contribution in [0.1, 0.15) is 13.3 Å². The Hall–Kier alpha value is -2.54. The van der Waals surface area contributed by atoms with Crippen molar-refractivity contribution in [2.24, 2.45) is 4.99 Å². The van der Waals surface area contributed by atoms with E-state index in [1.54, 1.807) is 31.2 Å². The lowest BCUT2D eigenvalue weighted by Gasteiger charge is -2.19. The van der Waals surface area contributed by atoms with E-state index in [4.69, 9.17) is 34.8 Å². The molecule has 0 bridgehead atoms. The average molecular weight is 438 g/mol. The van der Waals surface area contributed by atoms with E-state index in [1.807, 2.05) is 0 Å². The van der Waals surface area contributed by atoms with Crippen molar-refractivity contribution in [2.75, 3.05) is 10.3 Å².